The van der Waals surface area contributed by atoms with Gasteiger partial charge < -0.3 is 5.73 Å². The first-order chi connectivity index (χ1) is 7.83. The molecule has 0 saturated carbocycles. The average molecular weight is 341 g/mol. The molecule has 0 amide bonds. The molecule has 2 heteroatoms. The molecule has 0 radical (unpaired) electrons. The third kappa shape index (κ3) is 24.1. The lowest BCUT2D eigenvalue weighted by Crippen LogP contribution is -1.95. The van der Waals surface area contributed by atoms with Crippen LogP contribution in [0, 0.1) is 0 Å². The second kappa shape index (κ2) is 21.0. The van der Waals surface area contributed by atoms with Gasteiger partial charge in [-0.3, -0.25) is 0 Å². The van der Waals surface area contributed by atoms with E-state index in [0.29, 0.717) is 0 Å². The highest BCUT2D eigenvalue weighted by Crippen LogP contribution is 2.08. The van der Waals surface area contributed by atoms with Crippen LogP contribution in [-0.2, 0) is 0 Å². The van der Waals surface area contributed by atoms with Gasteiger partial charge in [0.1, 0.15) is 0 Å². The molecule has 0 aliphatic carbocycles. The molecule has 0 unspecified atom stereocenters. The van der Waals surface area contributed by atoms with E-state index in [1.54, 1.807) is 0 Å². The van der Waals surface area contributed by atoms with E-state index in [-0.39, 0.29) is 0 Å². The normalized spacial score (nSPS) is 9.75. The zero-order chi connectivity index (χ0) is 12.5. The van der Waals surface area contributed by atoms with Crippen LogP contribution in [0.2, 0.25) is 0 Å². The number of hydrogen-bond donors (Lipinski definition) is 1. The van der Waals surface area contributed by atoms with E-state index in [4.69, 9.17) is 5.73 Å². The third-order valence-electron chi connectivity index (χ3n) is 2.54. The minimum atomic E-state index is 0.844. The topological polar surface area (TPSA) is 26.0 Å². The number of unbranched alkanes of at least 4 members (excludes halogenated alkanes) is 8. The van der Waals surface area contributed by atoms with Crippen molar-refractivity contribution in [2.45, 2.75) is 78.1 Å². The van der Waals surface area contributed by atoms with Crippen molar-refractivity contribution in [2.75, 3.05) is 11.0 Å². The van der Waals surface area contributed by atoms with Crippen molar-refractivity contribution < 1.29 is 0 Å². The number of hydrogen-bond acceptors (Lipinski definition) is 1. The fraction of sp³-hybridized carbons (Fsp3) is 1.00. The molecule has 2 N–H and O–H groups in total. The summed E-state index contributed by atoms with van der Waals surface area (Å²) >= 11 is 2.46. The van der Waals surface area contributed by atoms with Gasteiger partial charge in [0.15, 0.2) is 0 Å². The zero-order valence-electron chi connectivity index (χ0n) is 11.4. The SMILES string of the molecule is CCCCCCCCCCI.CCCCN. The van der Waals surface area contributed by atoms with Crippen LogP contribution in [-0.4, -0.2) is 11.0 Å². The highest BCUT2D eigenvalue weighted by atomic mass is 127. The Morgan fingerprint density at radius 2 is 1.12 bits per heavy atom. The van der Waals surface area contributed by atoms with Gasteiger partial charge in [-0.25, -0.2) is 0 Å². The summed E-state index contributed by atoms with van der Waals surface area (Å²) in [5.74, 6) is 0. The van der Waals surface area contributed by atoms with Crippen molar-refractivity contribution in [3.8, 4) is 0 Å². The lowest BCUT2D eigenvalue weighted by Gasteiger charge is -1.98. The van der Waals surface area contributed by atoms with Crippen LogP contribution in [0.15, 0.2) is 0 Å². The van der Waals surface area contributed by atoms with Crippen molar-refractivity contribution in [3.05, 3.63) is 0 Å². The summed E-state index contributed by atoms with van der Waals surface area (Å²) in [5, 5.41) is 0. The first-order valence-electron chi connectivity index (χ1n) is 7.09. The van der Waals surface area contributed by atoms with Crippen molar-refractivity contribution in [1.82, 2.24) is 0 Å². The van der Waals surface area contributed by atoms with Gasteiger partial charge in [-0.15, -0.1) is 0 Å². The van der Waals surface area contributed by atoms with Gasteiger partial charge in [-0.2, -0.15) is 0 Å². The summed E-state index contributed by atoms with van der Waals surface area (Å²) in [6.45, 7) is 5.25. The second-order valence-corrected chi connectivity index (χ2v) is 5.38. The zero-order valence-corrected chi connectivity index (χ0v) is 13.6. The molecule has 0 aromatic heterocycles. The van der Waals surface area contributed by atoms with Crippen molar-refractivity contribution >= 4 is 22.6 Å². The maximum absolute atomic E-state index is 5.14. The summed E-state index contributed by atoms with van der Waals surface area (Å²) in [7, 11) is 0. The monoisotopic (exact) mass is 341 g/mol. The molecule has 0 aromatic rings. The molecule has 0 aliphatic rings. The Balaban J connectivity index is 0. The predicted molar refractivity (Wildman–Crippen MR) is 85.5 cm³/mol. The third-order valence-corrected chi connectivity index (χ3v) is 3.31. The van der Waals surface area contributed by atoms with Gasteiger partial charge in [0.25, 0.3) is 0 Å². The molecule has 0 rings (SSSR count). The van der Waals surface area contributed by atoms with E-state index in [1.807, 2.05) is 0 Å². The Kier molecular flexibility index (Phi) is 25.0. The maximum Gasteiger partial charge on any atom is -0.000473 e. The Hall–Kier alpha value is 0.690. The molecular formula is C14H32IN. The molecule has 0 aliphatic heterocycles. The summed E-state index contributed by atoms with van der Waals surface area (Å²) < 4.78 is 1.34. The lowest BCUT2D eigenvalue weighted by atomic mass is 10.1. The van der Waals surface area contributed by atoms with Crippen LogP contribution < -0.4 is 5.73 Å². The number of halogens is 1. The summed E-state index contributed by atoms with van der Waals surface area (Å²) in [6.07, 6.45) is 13.9. The summed E-state index contributed by atoms with van der Waals surface area (Å²) in [6, 6.07) is 0. The second-order valence-electron chi connectivity index (χ2n) is 4.31. The molecule has 0 bridgehead atoms. The molecule has 1 nitrogen and oxygen atoms in total. The molecule has 16 heavy (non-hydrogen) atoms. The Labute approximate surface area is 117 Å². The van der Waals surface area contributed by atoms with Gasteiger partial charge in [0.2, 0.25) is 0 Å². The van der Waals surface area contributed by atoms with E-state index in [2.05, 4.69) is 36.4 Å². The van der Waals surface area contributed by atoms with Gasteiger partial charge in [-0.1, -0.05) is 87.8 Å². The smallest absolute Gasteiger partial charge is 0.000473 e. The number of nitrogens with two attached hydrogens (primary N) is 1. The summed E-state index contributed by atoms with van der Waals surface area (Å²) in [5.41, 5.74) is 5.14. The first kappa shape index (κ1) is 19.0. The van der Waals surface area contributed by atoms with E-state index >= 15 is 0 Å². The predicted octanol–water partition coefficient (Wildman–Crippen LogP) is 5.31. The van der Waals surface area contributed by atoms with Crippen LogP contribution in [0.25, 0.3) is 0 Å². The number of alkyl halides is 1. The molecule has 100 valence electrons. The molecule has 0 spiro atoms. The van der Waals surface area contributed by atoms with Crippen LogP contribution in [0.4, 0.5) is 0 Å². The van der Waals surface area contributed by atoms with Gasteiger partial charge in [0, 0.05) is 0 Å². The van der Waals surface area contributed by atoms with Crippen LogP contribution in [0.3, 0.4) is 0 Å². The van der Waals surface area contributed by atoms with E-state index in [9.17, 15) is 0 Å². The Bertz CT molecular complexity index is 86.7. The van der Waals surface area contributed by atoms with Gasteiger partial charge in [0.05, 0.1) is 0 Å². The molecule has 0 fully saturated rings. The average Bonchev–Trinajstić information content (AvgIpc) is 2.30. The van der Waals surface area contributed by atoms with Crippen molar-refractivity contribution in [3.63, 3.8) is 0 Å². The molecule has 0 saturated heterocycles. The minimum absolute atomic E-state index is 0.844. The Morgan fingerprint density at radius 1 is 0.688 bits per heavy atom. The van der Waals surface area contributed by atoms with Crippen LogP contribution in [0.1, 0.15) is 78.1 Å². The van der Waals surface area contributed by atoms with E-state index in [0.717, 1.165) is 6.54 Å². The van der Waals surface area contributed by atoms with Crippen molar-refractivity contribution in [1.29, 1.82) is 0 Å². The van der Waals surface area contributed by atoms with Crippen molar-refractivity contribution in [2.24, 2.45) is 5.73 Å². The minimum Gasteiger partial charge on any atom is -0.330 e. The molecular weight excluding hydrogens is 309 g/mol. The van der Waals surface area contributed by atoms with Gasteiger partial charge >= 0.3 is 0 Å². The fourth-order valence-corrected chi connectivity index (χ4v) is 1.97. The Morgan fingerprint density at radius 3 is 1.44 bits per heavy atom. The number of rotatable bonds is 10. The van der Waals surface area contributed by atoms with E-state index in [1.165, 1.54) is 68.6 Å². The largest absolute Gasteiger partial charge is 0.330 e. The van der Waals surface area contributed by atoms with Gasteiger partial charge in [-0.05, 0) is 23.8 Å². The maximum atomic E-state index is 5.14. The molecule has 0 atom stereocenters. The lowest BCUT2D eigenvalue weighted by molar-refractivity contribution is 0.587. The summed E-state index contributed by atoms with van der Waals surface area (Å²) in [4.78, 5) is 0. The first-order valence-corrected chi connectivity index (χ1v) is 8.62. The quantitative estimate of drug-likeness (QED) is 0.325. The fourth-order valence-electron chi connectivity index (χ4n) is 1.43. The van der Waals surface area contributed by atoms with Crippen LogP contribution in [0.5, 0.6) is 0 Å². The standard InChI is InChI=1S/C10H21I.C4H11N/c1-2-3-4-5-6-7-8-9-10-11;1-2-3-4-5/h2-10H2,1H3;2-5H2,1H3. The van der Waals surface area contributed by atoms with E-state index < -0.39 is 0 Å². The molecule has 0 heterocycles. The van der Waals surface area contributed by atoms with Crippen LogP contribution >= 0.6 is 22.6 Å². The highest BCUT2D eigenvalue weighted by Gasteiger charge is 1.89. The highest BCUT2D eigenvalue weighted by molar-refractivity contribution is 14.1. The molecule has 0 aromatic carbocycles.